The molecule has 0 aliphatic heterocycles. The minimum atomic E-state index is -0.566. The lowest BCUT2D eigenvalue weighted by molar-refractivity contribution is -0.124. The summed E-state index contributed by atoms with van der Waals surface area (Å²) in [7, 11) is 0. The van der Waals surface area contributed by atoms with Crippen LogP contribution in [0.15, 0.2) is 47.1 Å². The molecule has 0 radical (unpaired) electrons. The van der Waals surface area contributed by atoms with Crippen molar-refractivity contribution in [2.24, 2.45) is 0 Å². The van der Waals surface area contributed by atoms with Gasteiger partial charge in [0, 0.05) is 22.9 Å². The number of nitrogens with one attached hydrogen (secondary N) is 1. The summed E-state index contributed by atoms with van der Waals surface area (Å²) in [4.78, 5) is 27.4. The van der Waals surface area contributed by atoms with Crippen LogP contribution in [0.25, 0.3) is 0 Å². The molecule has 0 saturated heterocycles. The van der Waals surface area contributed by atoms with Crippen molar-refractivity contribution in [2.75, 3.05) is 6.61 Å². The third kappa shape index (κ3) is 4.66. The minimum absolute atomic E-state index is 0.322. The van der Waals surface area contributed by atoms with Gasteiger partial charge in [-0.1, -0.05) is 34.1 Å². The van der Waals surface area contributed by atoms with Crippen molar-refractivity contribution < 1.29 is 14.3 Å². The number of hydrogen-bond donors (Lipinski definition) is 1. The topological polar surface area (TPSA) is 68.3 Å². The van der Waals surface area contributed by atoms with E-state index in [4.69, 9.17) is 4.74 Å². The summed E-state index contributed by atoms with van der Waals surface area (Å²) in [6, 6.07) is 10.9. The van der Waals surface area contributed by atoms with Crippen LogP contribution in [0.3, 0.4) is 0 Å². The Hall–Kier alpha value is -2.21. The van der Waals surface area contributed by atoms with Gasteiger partial charge in [0.25, 0.3) is 5.91 Å². The maximum absolute atomic E-state index is 11.7. The van der Waals surface area contributed by atoms with E-state index in [1.54, 1.807) is 12.1 Å². The highest BCUT2D eigenvalue weighted by molar-refractivity contribution is 9.10. The second-order valence-corrected chi connectivity index (χ2v) is 5.49. The second-order valence-electron chi connectivity index (χ2n) is 4.63. The number of rotatable bonds is 5. The van der Waals surface area contributed by atoms with Gasteiger partial charge in [-0.2, -0.15) is 0 Å². The summed E-state index contributed by atoms with van der Waals surface area (Å²) in [6.45, 7) is 1.87. The number of halogens is 1. The fourth-order valence-corrected chi connectivity index (χ4v) is 2.11. The van der Waals surface area contributed by atoms with Crippen LogP contribution in [0.4, 0.5) is 0 Å². The van der Waals surface area contributed by atoms with Crippen molar-refractivity contribution >= 4 is 27.8 Å². The van der Waals surface area contributed by atoms with E-state index in [9.17, 15) is 9.59 Å². The molecule has 0 unspecified atom stereocenters. The third-order valence-corrected chi connectivity index (χ3v) is 3.69. The van der Waals surface area contributed by atoms with Gasteiger partial charge in [0.1, 0.15) is 0 Å². The van der Waals surface area contributed by atoms with Gasteiger partial charge in [0.15, 0.2) is 6.61 Å². The van der Waals surface area contributed by atoms with Crippen molar-refractivity contribution in [3.8, 4) is 0 Å². The molecular formula is C16H15BrN2O3. The normalized spacial score (nSPS) is 10.1. The monoisotopic (exact) mass is 362 g/mol. The van der Waals surface area contributed by atoms with Gasteiger partial charge in [-0.3, -0.25) is 9.78 Å². The van der Waals surface area contributed by atoms with E-state index in [0.29, 0.717) is 12.1 Å². The summed E-state index contributed by atoms with van der Waals surface area (Å²) in [5.74, 6) is -0.923. The van der Waals surface area contributed by atoms with Gasteiger partial charge >= 0.3 is 5.97 Å². The maximum atomic E-state index is 11.7. The Morgan fingerprint density at radius 1 is 1.23 bits per heavy atom. The quantitative estimate of drug-likeness (QED) is 0.830. The summed E-state index contributed by atoms with van der Waals surface area (Å²) in [5, 5.41) is 2.69. The minimum Gasteiger partial charge on any atom is -0.452 e. The summed E-state index contributed by atoms with van der Waals surface area (Å²) in [5.41, 5.74) is 2.08. The average Bonchev–Trinajstić information content (AvgIpc) is 2.52. The highest BCUT2D eigenvalue weighted by Gasteiger charge is 2.10. The molecule has 0 atom stereocenters. The molecule has 1 aromatic carbocycles. The van der Waals surface area contributed by atoms with E-state index < -0.39 is 5.97 Å². The Morgan fingerprint density at radius 2 is 2.00 bits per heavy atom. The van der Waals surface area contributed by atoms with Crippen LogP contribution in [0.5, 0.6) is 0 Å². The molecule has 6 heteroatoms. The number of aromatic nitrogens is 1. The van der Waals surface area contributed by atoms with E-state index in [0.717, 1.165) is 15.7 Å². The Kier molecular flexibility index (Phi) is 5.66. The number of nitrogens with zero attached hydrogens (tertiary/aromatic N) is 1. The predicted octanol–water partition coefficient (Wildman–Crippen LogP) is 2.63. The highest BCUT2D eigenvalue weighted by Crippen LogP contribution is 2.15. The van der Waals surface area contributed by atoms with E-state index in [2.05, 4.69) is 26.2 Å². The van der Waals surface area contributed by atoms with Crippen LogP contribution in [0, 0.1) is 6.92 Å². The molecule has 5 nitrogen and oxygen atoms in total. The van der Waals surface area contributed by atoms with Gasteiger partial charge < -0.3 is 10.1 Å². The lowest BCUT2D eigenvalue weighted by atomic mass is 10.2. The standard InChI is InChI=1S/C16H15BrN2O3/c1-11-6-7-13(9-18-11)16(21)22-10-15(20)19-8-12-4-2-3-5-14(12)17/h2-7,9H,8,10H2,1H3,(H,19,20). The second kappa shape index (κ2) is 7.70. The number of amides is 1. The number of pyridine rings is 1. The van der Waals surface area contributed by atoms with Crippen LogP contribution >= 0.6 is 15.9 Å². The molecule has 2 aromatic rings. The summed E-state index contributed by atoms with van der Waals surface area (Å²) < 4.78 is 5.86. The van der Waals surface area contributed by atoms with Gasteiger partial charge in [0.2, 0.25) is 0 Å². The van der Waals surface area contributed by atoms with Gasteiger partial charge in [-0.05, 0) is 30.7 Å². The first-order valence-corrected chi connectivity index (χ1v) is 7.45. The zero-order valence-electron chi connectivity index (χ0n) is 12.0. The molecule has 22 heavy (non-hydrogen) atoms. The zero-order valence-corrected chi connectivity index (χ0v) is 13.6. The van der Waals surface area contributed by atoms with E-state index in [-0.39, 0.29) is 12.5 Å². The van der Waals surface area contributed by atoms with Crippen LogP contribution in [0.2, 0.25) is 0 Å². The largest absolute Gasteiger partial charge is 0.452 e. The smallest absolute Gasteiger partial charge is 0.340 e. The first kappa shape index (κ1) is 16.2. The molecule has 114 valence electrons. The first-order chi connectivity index (χ1) is 10.6. The number of benzene rings is 1. The number of ether oxygens (including phenoxy) is 1. The molecule has 0 spiro atoms. The summed E-state index contributed by atoms with van der Waals surface area (Å²) >= 11 is 3.40. The van der Waals surface area contributed by atoms with Gasteiger partial charge in [-0.25, -0.2) is 4.79 Å². The van der Waals surface area contributed by atoms with E-state index in [1.807, 2.05) is 31.2 Å². The molecule has 0 aliphatic carbocycles. The van der Waals surface area contributed by atoms with Crippen molar-refractivity contribution in [2.45, 2.75) is 13.5 Å². The van der Waals surface area contributed by atoms with Gasteiger partial charge in [0.05, 0.1) is 5.56 Å². The Morgan fingerprint density at radius 3 is 2.68 bits per heavy atom. The molecule has 0 fully saturated rings. The van der Waals surface area contributed by atoms with Crippen LogP contribution < -0.4 is 5.32 Å². The molecular weight excluding hydrogens is 348 g/mol. The molecule has 0 aliphatic rings. The number of esters is 1. The summed E-state index contributed by atoms with van der Waals surface area (Å²) in [6.07, 6.45) is 1.43. The lowest BCUT2D eigenvalue weighted by Gasteiger charge is -2.08. The SMILES string of the molecule is Cc1ccc(C(=O)OCC(=O)NCc2ccccc2Br)cn1. The average molecular weight is 363 g/mol. The molecule has 1 amide bonds. The molecule has 2 rings (SSSR count). The Labute approximate surface area is 136 Å². The lowest BCUT2D eigenvalue weighted by Crippen LogP contribution is -2.28. The Bertz CT molecular complexity index is 671. The van der Waals surface area contributed by atoms with Crippen molar-refractivity contribution in [1.29, 1.82) is 0 Å². The predicted molar refractivity (Wildman–Crippen MR) is 85.2 cm³/mol. The zero-order chi connectivity index (χ0) is 15.9. The number of carbonyl (C=O) groups is 2. The van der Waals surface area contributed by atoms with Crippen LogP contribution in [-0.2, 0) is 16.1 Å². The molecule has 1 heterocycles. The number of hydrogen-bond acceptors (Lipinski definition) is 4. The first-order valence-electron chi connectivity index (χ1n) is 6.66. The van der Waals surface area contributed by atoms with Crippen molar-refractivity contribution in [3.63, 3.8) is 0 Å². The van der Waals surface area contributed by atoms with E-state index in [1.165, 1.54) is 6.20 Å². The molecule has 0 saturated carbocycles. The Balaban J connectivity index is 1.79. The van der Waals surface area contributed by atoms with Crippen LogP contribution in [-0.4, -0.2) is 23.5 Å². The molecule has 0 bridgehead atoms. The number of aryl methyl sites for hydroxylation is 1. The van der Waals surface area contributed by atoms with Crippen LogP contribution in [0.1, 0.15) is 21.6 Å². The fraction of sp³-hybridized carbons (Fsp3) is 0.188. The van der Waals surface area contributed by atoms with Crippen molar-refractivity contribution in [1.82, 2.24) is 10.3 Å². The molecule has 1 aromatic heterocycles. The maximum Gasteiger partial charge on any atom is 0.340 e. The highest BCUT2D eigenvalue weighted by atomic mass is 79.9. The molecule has 1 N–H and O–H groups in total. The van der Waals surface area contributed by atoms with Gasteiger partial charge in [-0.15, -0.1) is 0 Å². The number of carbonyl (C=O) groups excluding carboxylic acids is 2. The van der Waals surface area contributed by atoms with E-state index >= 15 is 0 Å². The fourth-order valence-electron chi connectivity index (χ4n) is 1.69. The van der Waals surface area contributed by atoms with Crippen molar-refractivity contribution in [3.05, 3.63) is 63.9 Å². The third-order valence-electron chi connectivity index (χ3n) is 2.92.